The summed E-state index contributed by atoms with van der Waals surface area (Å²) in [4.78, 5) is 14.9. The maximum absolute atomic E-state index is 12.7. The van der Waals surface area contributed by atoms with Crippen LogP contribution in [0.2, 0.25) is 0 Å². The molecule has 0 aliphatic carbocycles. The number of fused-ring (bicyclic) bond motifs is 4. The third kappa shape index (κ3) is 2.74. The van der Waals surface area contributed by atoms with Gasteiger partial charge in [-0.25, -0.2) is 0 Å². The van der Waals surface area contributed by atoms with Gasteiger partial charge in [0.1, 0.15) is 5.75 Å². The summed E-state index contributed by atoms with van der Waals surface area (Å²) in [7, 11) is 1.71. The standard InChI is InChI=1S/C19H26N2O2/c1-23-16-5-2-4-13(8-16)9-18-15-10-14(11-20-12-15)17-6-3-7-19(22)21(17)18/h2,4-5,8,14-15,17-18,20H,3,6-7,9-12H2,1H3/t14-,15+,17+,18+/m1/s1. The van der Waals surface area contributed by atoms with E-state index in [4.69, 9.17) is 4.74 Å². The van der Waals surface area contributed by atoms with Crippen LogP contribution in [-0.2, 0) is 11.2 Å². The molecular formula is C19H26N2O2. The summed E-state index contributed by atoms with van der Waals surface area (Å²) in [6.07, 6.45) is 5.19. The van der Waals surface area contributed by atoms with E-state index in [0.29, 0.717) is 29.8 Å². The number of nitrogens with one attached hydrogen (secondary N) is 1. The second kappa shape index (κ2) is 6.16. The lowest BCUT2D eigenvalue weighted by Crippen LogP contribution is -2.65. The Balaban J connectivity index is 1.62. The highest BCUT2D eigenvalue weighted by atomic mass is 16.5. The Morgan fingerprint density at radius 1 is 1.30 bits per heavy atom. The van der Waals surface area contributed by atoms with Crippen molar-refractivity contribution in [1.29, 1.82) is 0 Å². The lowest BCUT2D eigenvalue weighted by Gasteiger charge is -2.55. The number of hydrogen-bond donors (Lipinski definition) is 1. The first kappa shape index (κ1) is 15.0. The Morgan fingerprint density at radius 3 is 3.04 bits per heavy atom. The molecule has 3 saturated heterocycles. The van der Waals surface area contributed by atoms with Crippen molar-refractivity contribution in [1.82, 2.24) is 10.2 Å². The van der Waals surface area contributed by atoms with Crippen LogP contribution < -0.4 is 10.1 Å². The minimum absolute atomic E-state index is 0.337. The summed E-state index contributed by atoms with van der Waals surface area (Å²) in [5.74, 6) is 2.52. The van der Waals surface area contributed by atoms with Gasteiger partial charge in [-0.1, -0.05) is 12.1 Å². The summed E-state index contributed by atoms with van der Waals surface area (Å²) in [6.45, 7) is 2.12. The highest BCUT2D eigenvalue weighted by molar-refractivity contribution is 5.78. The van der Waals surface area contributed by atoms with E-state index in [0.717, 1.165) is 38.1 Å². The molecule has 0 aromatic heterocycles. The second-order valence-corrected chi connectivity index (χ2v) is 7.30. The predicted molar refractivity (Wildman–Crippen MR) is 89.4 cm³/mol. The summed E-state index contributed by atoms with van der Waals surface area (Å²) in [5.41, 5.74) is 1.27. The number of methoxy groups -OCH3 is 1. The lowest BCUT2D eigenvalue weighted by atomic mass is 9.71. The van der Waals surface area contributed by atoms with Gasteiger partial charge < -0.3 is 15.0 Å². The smallest absolute Gasteiger partial charge is 0.223 e. The number of hydrogen-bond acceptors (Lipinski definition) is 3. The monoisotopic (exact) mass is 314 g/mol. The van der Waals surface area contributed by atoms with Crippen LogP contribution in [0.1, 0.15) is 31.2 Å². The largest absolute Gasteiger partial charge is 0.497 e. The van der Waals surface area contributed by atoms with Crippen LogP contribution >= 0.6 is 0 Å². The number of benzene rings is 1. The molecule has 3 heterocycles. The van der Waals surface area contributed by atoms with Crippen LogP contribution in [-0.4, -0.2) is 43.1 Å². The third-order valence-corrected chi connectivity index (χ3v) is 5.98. The quantitative estimate of drug-likeness (QED) is 0.930. The Kier molecular flexibility index (Phi) is 4.02. The van der Waals surface area contributed by atoms with Crippen LogP contribution in [0.3, 0.4) is 0 Å². The number of piperidine rings is 3. The number of rotatable bonds is 3. The Labute approximate surface area is 138 Å². The van der Waals surface area contributed by atoms with Gasteiger partial charge in [0.15, 0.2) is 0 Å². The first-order chi connectivity index (χ1) is 11.3. The molecule has 1 aromatic rings. The van der Waals surface area contributed by atoms with Gasteiger partial charge in [0.05, 0.1) is 7.11 Å². The molecule has 1 amide bonds. The van der Waals surface area contributed by atoms with Gasteiger partial charge in [0, 0.05) is 18.5 Å². The molecule has 23 heavy (non-hydrogen) atoms. The van der Waals surface area contributed by atoms with Gasteiger partial charge in [-0.3, -0.25) is 4.79 Å². The molecule has 3 aliphatic heterocycles. The Hall–Kier alpha value is -1.55. The molecule has 1 N–H and O–H groups in total. The second-order valence-electron chi connectivity index (χ2n) is 7.30. The maximum Gasteiger partial charge on any atom is 0.223 e. The molecule has 124 valence electrons. The predicted octanol–water partition coefficient (Wildman–Crippen LogP) is 2.23. The van der Waals surface area contributed by atoms with E-state index in [1.807, 2.05) is 6.07 Å². The first-order valence-corrected chi connectivity index (χ1v) is 8.91. The van der Waals surface area contributed by atoms with Crippen LogP contribution in [0, 0.1) is 11.8 Å². The highest BCUT2D eigenvalue weighted by Gasteiger charge is 2.47. The third-order valence-electron chi connectivity index (χ3n) is 5.98. The molecule has 1 aromatic carbocycles. The molecule has 2 bridgehead atoms. The van der Waals surface area contributed by atoms with Crippen molar-refractivity contribution in [2.45, 2.75) is 44.2 Å². The van der Waals surface area contributed by atoms with Gasteiger partial charge >= 0.3 is 0 Å². The van der Waals surface area contributed by atoms with Gasteiger partial charge in [0.25, 0.3) is 0 Å². The van der Waals surface area contributed by atoms with Crippen molar-refractivity contribution < 1.29 is 9.53 Å². The number of ether oxygens (including phenoxy) is 1. The van der Waals surface area contributed by atoms with Crippen molar-refractivity contribution >= 4 is 5.91 Å². The van der Waals surface area contributed by atoms with E-state index < -0.39 is 0 Å². The van der Waals surface area contributed by atoms with Crippen LogP contribution in [0.25, 0.3) is 0 Å². The molecule has 0 radical (unpaired) electrons. The van der Waals surface area contributed by atoms with Gasteiger partial charge in [-0.2, -0.15) is 0 Å². The minimum Gasteiger partial charge on any atom is -0.497 e. The van der Waals surface area contributed by atoms with E-state index in [2.05, 4.69) is 28.4 Å². The van der Waals surface area contributed by atoms with Crippen molar-refractivity contribution in [3.05, 3.63) is 29.8 Å². The SMILES string of the molecule is COc1cccc(C[C@H]2[C@@H]3CNC[C@@H](C3)[C@@H]3CCCC(=O)N32)c1. The van der Waals surface area contributed by atoms with E-state index in [9.17, 15) is 4.79 Å². The zero-order chi connectivity index (χ0) is 15.8. The van der Waals surface area contributed by atoms with Crippen LogP contribution in [0.5, 0.6) is 5.75 Å². The Bertz CT molecular complexity index is 588. The molecule has 4 atom stereocenters. The van der Waals surface area contributed by atoms with Crippen molar-refractivity contribution in [3.63, 3.8) is 0 Å². The maximum atomic E-state index is 12.7. The first-order valence-electron chi connectivity index (χ1n) is 8.91. The van der Waals surface area contributed by atoms with Crippen molar-refractivity contribution in [2.24, 2.45) is 11.8 Å². The van der Waals surface area contributed by atoms with Crippen molar-refractivity contribution in [3.8, 4) is 5.75 Å². The normalized spacial score (nSPS) is 33.3. The molecular weight excluding hydrogens is 288 g/mol. The summed E-state index contributed by atoms with van der Waals surface area (Å²) in [5, 5.41) is 3.61. The van der Waals surface area contributed by atoms with Gasteiger partial charge in [0.2, 0.25) is 5.91 Å². The topological polar surface area (TPSA) is 41.6 Å². The molecule has 3 fully saturated rings. The lowest BCUT2D eigenvalue weighted by molar-refractivity contribution is -0.149. The Morgan fingerprint density at radius 2 is 2.17 bits per heavy atom. The zero-order valence-corrected chi connectivity index (χ0v) is 13.8. The number of carbonyl (C=O) groups excluding carboxylic acids is 1. The fraction of sp³-hybridized carbons (Fsp3) is 0.632. The van der Waals surface area contributed by atoms with E-state index in [1.54, 1.807) is 7.11 Å². The number of amides is 1. The fourth-order valence-corrected chi connectivity index (χ4v) is 4.94. The average molecular weight is 314 g/mol. The molecule has 4 heteroatoms. The molecule has 4 rings (SSSR count). The zero-order valence-electron chi connectivity index (χ0n) is 13.8. The van der Waals surface area contributed by atoms with E-state index in [1.165, 1.54) is 18.4 Å². The molecule has 0 unspecified atom stereocenters. The van der Waals surface area contributed by atoms with E-state index in [-0.39, 0.29) is 0 Å². The number of carbonyl (C=O) groups is 1. The van der Waals surface area contributed by atoms with Gasteiger partial charge in [-0.15, -0.1) is 0 Å². The van der Waals surface area contributed by atoms with Crippen LogP contribution in [0.15, 0.2) is 24.3 Å². The highest BCUT2D eigenvalue weighted by Crippen LogP contribution is 2.40. The average Bonchev–Trinajstić information content (AvgIpc) is 2.59. The fourth-order valence-electron chi connectivity index (χ4n) is 4.94. The summed E-state index contributed by atoms with van der Waals surface area (Å²) >= 11 is 0. The van der Waals surface area contributed by atoms with Crippen molar-refractivity contribution in [2.75, 3.05) is 20.2 Å². The minimum atomic E-state index is 0.337. The van der Waals surface area contributed by atoms with Gasteiger partial charge in [-0.05, 0) is 68.3 Å². The van der Waals surface area contributed by atoms with E-state index >= 15 is 0 Å². The number of nitrogens with zero attached hydrogens (tertiary/aromatic N) is 1. The summed E-state index contributed by atoms with van der Waals surface area (Å²) in [6, 6.07) is 9.10. The molecule has 0 spiro atoms. The molecule has 3 aliphatic rings. The molecule has 4 nitrogen and oxygen atoms in total. The summed E-state index contributed by atoms with van der Waals surface area (Å²) < 4.78 is 5.36. The molecule has 0 saturated carbocycles. The van der Waals surface area contributed by atoms with Crippen LogP contribution in [0.4, 0.5) is 0 Å².